The van der Waals surface area contributed by atoms with Crippen LogP contribution in [-0.2, 0) is 10.8 Å². The average molecular weight is 758 g/mol. The molecule has 2 aliphatic carbocycles. The van der Waals surface area contributed by atoms with Gasteiger partial charge in [-0.3, -0.25) is 0 Å². The first kappa shape index (κ1) is 33.4. The molecule has 0 bridgehead atoms. The Labute approximate surface area is 343 Å². The van der Waals surface area contributed by atoms with Crippen molar-refractivity contribution < 1.29 is 0 Å². The van der Waals surface area contributed by atoms with Gasteiger partial charge < -0.3 is 4.90 Å². The lowest BCUT2D eigenvalue weighted by Crippen LogP contribution is -2.28. The summed E-state index contributed by atoms with van der Waals surface area (Å²) in [6, 6.07) is 75.0. The molecule has 0 fully saturated rings. The Morgan fingerprint density at radius 2 is 1.00 bits per heavy atom. The fourth-order valence-corrected chi connectivity index (χ4v) is 11.8. The second kappa shape index (κ2) is 12.4. The monoisotopic (exact) mass is 757 g/mol. The van der Waals surface area contributed by atoms with Crippen LogP contribution in [-0.4, -0.2) is 0 Å². The van der Waals surface area contributed by atoms with Crippen molar-refractivity contribution in [3.05, 3.63) is 234 Å². The normalized spacial score (nSPS) is 14.3. The Kier molecular flexibility index (Phi) is 7.13. The van der Waals surface area contributed by atoms with Gasteiger partial charge in [-0.15, -0.1) is 11.3 Å². The predicted octanol–water partition coefficient (Wildman–Crippen LogP) is 15.3. The highest BCUT2D eigenvalue weighted by molar-refractivity contribution is 7.25. The standard InChI is InChI=1S/C56H39NS/c1-55(2)45-27-14-11-25-42(45)53-49(34-36-18-9-10-23-40(36)54(53)55)57(39-32-33-51-44(35-39)41-24-13-16-31-50(41)58-51)48-30-17-29-47-52(48)43-26-12-15-28-46(43)56(47,37-19-5-3-6-20-37)38-21-7-4-8-22-38/h3-35H,1-2H3. The van der Waals surface area contributed by atoms with Crippen molar-refractivity contribution in [3.63, 3.8) is 0 Å². The molecule has 12 rings (SSSR count). The largest absolute Gasteiger partial charge is 0.309 e. The van der Waals surface area contributed by atoms with Gasteiger partial charge in [-0.25, -0.2) is 0 Å². The quantitative estimate of drug-likeness (QED) is 0.169. The molecule has 9 aromatic carbocycles. The zero-order valence-electron chi connectivity index (χ0n) is 32.4. The summed E-state index contributed by atoms with van der Waals surface area (Å²) in [6.45, 7) is 4.82. The van der Waals surface area contributed by atoms with E-state index in [0.717, 1.165) is 5.69 Å². The van der Waals surface area contributed by atoms with Gasteiger partial charge in [0.15, 0.2) is 0 Å². The number of hydrogen-bond donors (Lipinski definition) is 0. The smallest absolute Gasteiger partial charge is 0.0714 e. The van der Waals surface area contributed by atoms with Crippen LogP contribution in [0.3, 0.4) is 0 Å². The fraction of sp³-hybridized carbons (Fsp3) is 0.0714. The first-order valence-electron chi connectivity index (χ1n) is 20.3. The molecule has 0 atom stereocenters. The van der Waals surface area contributed by atoms with Crippen LogP contribution >= 0.6 is 11.3 Å². The van der Waals surface area contributed by atoms with E-state index in [0.29, 0.717) is 0 Å². The van der Waals surface area contributed by atoms with Crippen molar-refractivity contribution in [1.29, 1.82) is 0 Å². The van der Waals surface area contributed by atoms with E-state index in [1.54, 1.807) is 0 Å². The minimum Gasteiger partial charge on any atom is -0.309 e. The van der Waals surface area contributed by atoms with Crippen molar-refractivity contribution in [1.82, 2.24) is 0 Å². The van der Waals surface area contributed by atoms with Crippen molar-refractivity contribution in [2.75, 3.05) is 4.90 Å². The lowest BCUT2D eigenvalue weighted by atomic mass is 9.68. The zero-order valence-corrected chi connectivity index (χ0v) is 33.2. The van der Waals surface area contributed by atoms with Crippen molar-refractivity contribution in [2.45, 2.75) is 24.7 Å². The van der Waals surface area contributed by atoms with Crippen LogP contribution in [0.2, 0.25) is 0 Å². The summed E-state index contributed by atoms with van der Waals surface area (Å²) >= 11 is 1.87. The first-order valence-corrected chi connectivity index (χ1v) is 21.1. The fourth-order valence-electron chi connectivity index (χ4n) is 10.7. The first-order chi connectivity index (χ1) is 28.5. The van der Waals surface area contributed by atoms with E-state index in [4.69, 9.17) is 0 Å². The summed E-state index contributed by atoms with van der Waals surface area (Å²) in [7, 11) is 0. The highest BCUT2D eigenvalue weighted by Crippen LogP contribution is 2.62. The number of nitrogens with zero attached hydrogens (tertiary/aromatic N) is 1. The Bertz CT molecular complexity index is 3220. The van der Waals surface area contributed by atoms with Crippen molar-refractivity contribution in [3.8, 4) is 22.3 Å². The summed E-state index contributed by atoms with van der Waals surface area (Å²) in [5.74, 6) is 0. The number of benzene rings is 9. The summed E-state index contributed by atoms with van der Waals surface area (Å²) < 4.78 is 2.62. The third-order valence-electron chi connectivity index (χ3n) is 13.1. The SMILES string of the molecule is CC1(C)c2ccccc2-c2c(N(c3ccc4sc5ccccc5c4c3)c3cccc4c3-c3ccccc3C4(c3ccccc3)c3ccccc3)cc3ccccc3c21. The van der Waals surface area contributed by atoms with Crippen LogP contribution in [0.4, 0.5) is 17.1 Å². The maximum absolute atomic E-state index is 2.61. The molecule has 0 radical (unpaired) electrons. The molecule has 0 aliphatic heterocycles. The van der Waals surface area contributed by atoms with Gasteiger partial charge in [0.1, 0.15) is 0 Å². The number of hydrogen-bond acceptors (Lipinski definition) is 2. The molecular formula is C56H39NS. The minimum atomic E-state index is -0.510. The Morgan fingerprint density at radius 1 is 0.414 bits per heavy atom. The maximum atomic E-state index is 2.61. The van der Waals surface area contributed by atoms with Crippen LogP contribution < -0.4 is 4.90 Å². The van der Waals surface area contributed by atoms with Crippen LogP contribution in [0, 0.1) is 0 Å². The Morgan fingerprint density at radius 3 is 1.76 bits per heavy atom. The van der Waals surface area contributed by atoms with Crippen molar-refractivity contribution >= 4 is 59.3 Å². The molecule has 10 aromatic rings. The van der Waals surface area contributed by atoms with Crippen molar-refractivity contribution in [2.24, 2.45) is 0 Å². The van der Waals surface area contributed by atoms with E-state index in [2.05, 4.69) is 219 Å². The van der Waals surface area contributed by atoms with Gasteiger partial charge in [-0.05, 0) is 91.7 Å². The molecule has 2 heteroatoms. The van der Waals surface area contributed by atoms with Gasteiger partial charge >= 0.3 is 0 Å². The topological polar surface area (TPSA) is 3.24 Å². The third kappa shape index (κ3) is 4.47. The maximum Gasteiger partial charge on any atom is 0.0714 e. The highest BCUT2D eigenvalue weighted by atomic mass is 32.1. The molecule has 0 amide bonds. The van der Waals surface area contributed by atoms with Gasteiger partial charge in [0.2, 0.25) is 0 Å². The van der Waals surface area contributed by atoms with E-state index in [-0.39, 0.29) is 5.41 Å². The Hall–Kier alpha value is -6.74. The third-order valence-corrected chi connectivity index (χ3v) is 14.2. The van der Waals surface area contributed by atoms with Gasteiger partial charge in [0.05, 0.1) is 16.8 Å². The van der Waals surface area contributed by atoms with Crippen LogP contribution in [0.15, 0.2) is 200 Å². The number of rotatable bonds is 5. The molecule has 0 saturated carbocycles. The van der Waals surface area contributed by atoms with Gasteiger partial charge in [-0.1, -0.05) is 178 Å². The molecule has 0 N–H and O–H groups in total. The molecular weight excluding hydrogens is 719 g/mol. The average Bonchev–Trinajstić information content (AvgIpc) is 3.89. The summed E-state index contributed by atoms with van der Waals surface area (Å²) in [4.78, 5) is 2.61. The number of thiophene rings is 1. The van der Waals surface area contributed by atoms with Gasteiger partial charge in [0.25, 0.3) is 0 Å². The molecule has 2 aliphatic rings. The van der Waals surface area contributed by atoms with E-state index in [1.165, 1.54) is 98.0 Å². The van der Waals surface area contributed by atoms with E-state index < -0.39 is 5.41 Å². The number of fused-ring (bicyclic) bond motifs is 11. The lowest BCUT2D eigenvalue weighted by molar-refractivity contribution is 0.666. The summed E-state index contributed by atoms with van der Waals surface area (Å²) in [6.07, 6.45) is 0. The molecule has 0 unspecified atom stereocenters. The van der Waals surface area contributed by atoms with Gasteiger partial charge in [-0.2, -0.15) is 0 Å². The van der Waals surface area contributed by atoms with Crippen LogP contribution in [0.25, 0.3) is 53.2 Å². The molecule has 0 saturated heterocycles. The van der Waals surface area contributed by atoms with Crippen LogP contribution in [0.5, 0.6) is 0 Å². The van der Waals surface area contributed by atoms with E-state index in [1.807, 2.05) is 11.3 Å². The highest BCUT2D eigenvalue weighted by Gasteiger charge is 2.48. The molecule has 0 spiro atoms. The molecule has 1 heterocycles. The van der Waals surface area contributed by atoms with E-state index in [9.17, 15) is 0 Å². The molecule has 274 valence electrons. The summed E-state index contributed by atoms with van der Waals surface area (Å²) in [5.41, 5.74) is 15.9. The minimum absolute atomic E-state index is 0.193. The molecule has 1 aromatic heterocycles. The summed E-state index contributed by atoms with van der Waals surface area (Å²) in [5, 5.41) is 5.16. The lowest BCUT2D eigenvalue weighted by Gasteiger charge is -2.35. The zero-order chi connectivity index (χ0) is 38.6. The number of anilines is 3. The second-order valence-corrected chi connectivity index (χ2v) is 17.5. The van der Waals surface area contributed by atoms with E-state index >= 15 is 0 Å². The second-order valence-electron chi connectivity index (χ2n) is 16.4. The predicted molar refractivity (Wildman–Crippen MR) is 246 cm³/mol. The van der Waals surface area contributed by atoms with Crippen LogP contribution in [0.1, 0.15) is 47.2 Å². The van der Waals surface area contributed by atoms with Gasteiger partial charge in [0, 0.05) is 42.4 Å². The molecule has 1 nitrogen and oxygen atoms in total. The Balaban J connectivity index is 1.24. The molecule has 58 heavy (non-hydrogen) atoms.